The van der Waals surface area contributed by atoms with Gasteiger partial charge in [0.15, 0.2) is 17.6 Å². The molecular weight excluding hydrogens is 224 g/mol. The van der Waals surface area contributed by atoms with E-state index in [-0.39, 0.29) is 0 Å². The Balaban J connectivity index is 2.29. The second-order valence-electron chi connectivity index (χ2n) is 3.53. The monoisotopic (exact) mass is 238 g/mol. The van der Waals surface area contributed by atoms with E-state index < -0.39 is 12.0 Å². The van der Waals surface area contributed by atoms with Gasteiger partial charge in [-0.05, 0) is 17.7 Å². The molecule has 0 aliphatic carbocycles. The number of hydrogen-bond acceptors (Lipinski definition) is 5. The van der Waals surface area contributed by atoms with Crippen LogP contribution < -0.4 is 20.7 Å². The van der Waals surface area contributed by atoms with E-state index in [1.807, 2.05) is 0 Å². The molecule has 0 saturated heterocycles. The molecule has 6 nitrogen and oxygen atoms in total. The molecule has 1 aromatic carbocycles. The van der Waals surface area contributed by atoms with Crippen LogP contribution >= 0.6 is 0 Å². The van der Waals surface area contributed by atoms with Crippen LogP contribution in [0.4, 0.5) is 0 Å². The zero-order chi connectivity index (χ0) is 12.3. The predicted molar refractivity (Wildman–Crippen MR) is 59.5 cm³/mol. The molecule has 6 heteroatoms. The van der Waals surface area contributed by atoms with Crippen molar-refractivity contribution in [3.8, 4) is 11.5 Å². The van der Waals surface area contributed by atoms with Gasteiger partial charge in [0.05, 0.1) is 0 Å². The standard InChI is InChI=1S/C11H14N2O4/c1-15-10(11(14)13-12)7-2-3-8-9(6-7)17-5-4-16-8/h2-3,6,10H,4-5,12H2,1H3,(H,13,14). The van der Waals surface area contributed by atoms with Gasteiger partial charge in [-0.1, -0.05) is 6.07 Å². The molecule has 0 bridgehead atoms. The molecule has 3 N–H and O–H groups in total. The number of nitrogens with two attached hydrogens (primary N) is 1. The maximum atomic E-state index is 11.5. The van der Waals surface area contributed by atoms with Crippen LogP contribution in [0.25, 0.3) is 0 Å². The van der Waals surface area contributed by atoms with Gasteiger partial charge in [-0.15, -0.1) is 0 Å². The summed E-state index contributed by atoms with van der Waals surface area (Å²) in [5.41, 5.74) is 2.72. The van der Waals surface area contributed by atoms with E-state index in [1.54, 1.807) is 18.2 Å². The van der Waals surface area contributed by atoms with Crippen molar-refractivity contribution in [2.24, 2.45) is 5.84 Å². The quantitative estimate of drug-likeness (QED) is 0.444. The van der Waals surface area contributed by atoms with Gasteiger partial charge in [0.2, 0.25) is 0 Å². The highest BCUT2D eigenvalue weighted by molar-refractivity contribution is 5.81. The number of hydrazine groups is 1. The summed E-state index contributed by atoms with van der Waals surface area (Å²) in [6.07, 6.45) is -0.754. The number of rotatable bonds is 3. The molecule has 1 aliphatic rings. The van der Waals surface area contributed by atoms with Crippen molar-refractivity contribution in [2.75, 3.05) is 20.3 Å². The normalized spacial score (nSPS) is 15.2. The second-order valence-corrected chi connectivity index (χ2v) is 3.53. The fourth-order valence-corrected chi connectivity index (χ4v) is 1.69. The molecular formula is C11H14N2O4. The average Bonchev–Trinajstić information content (AvgIpc) is 2.39. The Morgan fingerprint density at radius 3 is 2.76 bits per heavy atom. The van der Waals surface area contributed by atoms with Crippen LogP contribution in [0.15, 0.2) is 18.2 Å². The van der Waals surface area contributed by atoms with Gasteiger partial charge in [0, 0.05) is 7.11 Å². The minimum absolute atomic E-state index is 0.413. The fourth-order valence-electron chi connectivity index (χ4n) is 1.69. The molecule has 0 spiro atoms. The number of ether oxygens (including phenoxy) is 3. The minimum atomic E-state index is -0.754. The third-order valence-electron chi connectivity index (χ3n) is 2.49. The first kappa shape index (κ1) is 11.7. The molecule has 0 aromatic heterocycles. The fraction of sp³-hybridized carbons (Fsp3) is 0.364. The van der Waals surface area contributed by atoms with E-state index in [2.05, 4.69) is 5.43 Å². The topological polar surface area (TPSA) is 82.8 Å². The van der Waals surface area contributed by atoms with E-state index in [0.29, 0.717) is 30.3 Å². The van der Waals surface area contributed by atoms with Crippen LogP contribution in [0.3, 0.4) is 0 Å². The van der Waals surface area contributed by atoms with E-state index in [4.69, 9.17) is 20.1 Å². The van der Waals surface area contributed by atoms with Crippen LogP contribution in [0.5, 0.6) is 11.5 Å². The molecule has 1 heterocycles. The number of methoxy groups -OCH3 is 1. The van der Waals surface area contributed by atoms with E-state index >= 15 is 0 Å². The SMILES string of the molecule is COC(C(=O)NN)c1ccc2c(c1)OCCO2. The van der Waals surface area contributed by atoms with Crippen molar-refractivity contribution in [3.63, 3.8) is 0 Å². The van der Waals surface area contributed by atoms with Crippen molar-refractivity contribution in [2.45, 2.75) is 6.10 Å². The number of carbonyl (C=O) groups is 1. The van der Waals surface area contributed by atoms with Crippen molar-refractivity contribution >= 4 is 5.91 Å². The lowest BCUT2D eigenvalue weighted by Crippen LogP contribution is -2.35. The minimum Gasteiger partial charge on any atom is -0.486 e. The molecule has 1 aromatic rings. The lowest BCUT2D eigenvalue weighted by molar-refractivity contribution is -0.131. The van der Waals surface area contributed by atoms with Crippen LogP contribution in [0, 0.1) is 0 Å². The first-order valence-electron chi connectivity index (χ1n) is 5.19. The maximum absolute atomic E-state index is 11.5. The number of amides is 1. The van der Waals surface area contributed by atoms with E-state index in [1.165, 1.54) is 7.11 Å². The summed E-state index contributed by atoms with van der Waals surface area (Å²) in [5, 5.41) is 0. The lowest BCUT2D eigenvalue weighted by atomic mass is 10.1. The van der Waals surface area contributed by atoms with Gasteiger partial charge < -0.3 is 14.2 Å². The molecule has 1 unspecified atom stereocenters. The largest absolute Gasteiger partial charge is 0.486 e. The van der Waals surface area contributed by atoms with Gasteiger partial charge in [-0.25, -0.2) is 5.84 Å². The highest BCUT2D eigenvalue weighted by Crippen LogP contribution is 2.33. The van der Waals surface area contributed by atoms with Gasteiger partial charge >= 0.3 is 0 Å². The molecule has 1 amide bonds. The van der Waals surface area contributed by atoms with Gasteiger partial charge in [-0.3, -0.25) is 10.2 Å². The first-order valence-corrected chi connectivity index (χ1v) is 5.19. The molecule has 17 heavy (non-hydrogen) atoms. The third-order valence-corrected chi connectivity index (χ3v) is 2.49. The Kier molecular flexibility index (Phi) is 3.46. The van der Waals surface area contributed by atoms with Crippen molar-refractivity contribution in [1.29, 1.82) is 0 Å². The zero-order valence-corrected chi connectivity index (χ0v) is 9.43. The van der Waals surface area contributed by atoms with E-state index in [0.717, 1.165) is 0 Å². The molecule has 1 aliphatic heterocycles. The molecule has 0 fully saturated rings. The van der Waals surface area contributed by atoms with Gasteiger partial charge in [0.1, 0.15) is 13.2 Å². The number of carbonyl (C=O) groups excluding carboxylic acids is 1. The second kappa shape index (κ2) is 5.03. The van der Waals surface area contributed by atoms with Crippen LogP contribution in [-0.4, -0.2) is 26.2 Å². The number of hydrogen-bond donors (Lipinski definition) is 2. The summed E-state index contributed by atoms with van der Waals surface area (Å²) < 4.78 is 15.9. The van der Waals surface area contributed by atoms with Gasteiger partial charge in [0.25, 0.3) is 5.91 Å². The van der Waals surface area contributed by atoms with Crippen LogP contribution in [-0.2, 0) is 9.53 Å². The zero-order valence-electron chi connectivity index (χ0n) is 9.43. The summed E-state index contributed by atoms with van der Waals surface area (Å²) in [5.74, 6) is 5.96. The number of fused-ring (bicyclic) bond motifs is 1. The predicted octanol–water partition coefficient (Wildman–Crippen LogP) is 0.135. The summed E-state index contributed by atoms with van der Waals surface area (Å²) >= 11 is 0. The highest BCUT2D eigenvalue weighted by atomic mass is 16.6. The van der Waals surface area contributed by atoms with E-state index in [9.17, 15) is 4.79 Å². The Morgan fingerprint density at radius 1 is 1.41 bits per heavy atom. The molecule has 0 radical (unpaired) electrons. The van der Waals surface area contributed by atoms with Crippen molar-refractivity contribution < 1.29 is 19.0 Å². The van der Waals surface area contributed by atoms with Crippen LogP contribution in [0.1, 0.15) is 11.7 Å². The molecule has 1 atom stereocenters. The lowest BCUT2D eigenvalue weighted by Gasteiger charge is -2.20. The number of benzene rings is 1. The molecule has 2 rings (SSSR count). The molecule has 0 saturated carbocycles. The summed E-state index contributed by atoms with van der Waals surface area (Å²) in [7, 11) is 1.44. The van der Waals surface area contributed by atoms with Crippen LogP contribution in [0.2, 0.25) is 0 Å². The summed E-state index contributed by atoms with van der Waals surface area (Å²) in [6.45, 7) is 1.03. The van der Waals surface area contributed by atoms with Crippen molar-refractivity contribution in [3.05, 3.63) is 23.8 Å². The average molecular weight is 238 g/mol. The highest BCUT2D eigenvalue weighted by Gasteiger charge is 2.21. The Labute approximate surface area is 98.6 Å². The third kappa shape index (κ3) is 2.32. The molecule has 92 valence electrons. The Morgan fingerprint density at radius 2 is 2.12 bits per heavy atom. The Bertz CT molecular complexity index is 422. The smallest absolute Gasteiger partial charge is 0.267 e. The van der Waals surface area contributed by atoms with Crippen molar-refractivity contribution in [1.82, 2.24) is 5.43 Å². The summed E-state index contributed by atoms with van der Waals surface area (Å²) in [4.78, 5) is 11.5. The van der Waals surface area contributed by atoms with Gasteiger partial charge in [-0.2, -0.15) is 0 Å². The number of nitrogens with one attached hydrogen (secondary N) is 1. The summed E-state index contributed by atoms with van der Waals surface area (Å²) in [6, 6.07) is 5.22. The Hall–Kier alpha value is -1.79. The maximum Gasteiger partial charge on any atom is 0.267 e. The first-order chi connectivity index (χ1) is 8.26.